The van der Waals surface area contributed by atoms with Gasteiger partial charge in [-0.3, -0.25) is 0 Å². The number of nitrogen functional groups attached to an aromatic ring is 1. The molecule has 0 saturated carbocycles. The third-order valence-electron chi connectivity index (χ3n) is 3.22. The van der Waals surface area contributed by atoms with E-state index in [1.807, 2.05) is 55.3 Å². The molecule has 0 atom stereocenters. The molecule has 0 fully saturated rings. The van der Waals surface area contributed by atoms with E-state index in [1.54, 1.807) is 0 Å². The van der Waals surface area contributed by atoms with Crippen molar-refractivity contribution in [1.82, 2.24) is 4.98 Å². The molecule has 5 heteroatoms. The van der Waals surface area contributed by atoms with Crippen LogP contribution in [0.4, 0.5) is 17.1 Å². The Morgan fingerprint density at radius 2 is 2.00 bits per heavy atom. The minimum Gasteiger partial charge on any atom is -0.441 e. The fourth-order valence-corrected chi connectivity index (χ4v) is 2.59. The average Bonchev–Trinajstić information content (AvgIpc) is 2.77. The van der Waals surface area contributed by atoms with Gasteiger partial charge < -0.3 is 15.1 Å². The van der Waals surface area contributed by atoms with E-state index >= 15 is 0 Å². The Balaban J connectivity index is 2.04. The van der Waals surface area contributed by atoms with Crippen molar-refractivity contribution >= 4 is 44.1 Å². The van der Waals surface area contributed by atoms with E-state index in [0.717, 1.165) is 32.6 Å². The highest BCUT2D eigenvalue weighted by atomic mass is 79.9. The molecule has 0 spiro atoms. The number of anilines is 3. The molecule has 20 heavy (non-hydrogen) atoms. The Kier molecular flexibility index (Phi) is 3.14. The molecule has 102 valence electrons. The number of hydrogen-bond donors (Lipinski definition) is 1. The lowest BCUT2D eigenvalue weighted by atomic mass is 10.2. The summed E-state index contributed by atoms with van der Waals surface area (Å²) in [5, 5.41) is 0. The summed E-state index contributed by atoms with van der Waals surface area (Å²) < 4.78 is 6.45. The first-order chi connectivity index (χ1) is 9.54. The second-order valence-corrected chi connectivity index (χ2v) is 5.56. The van der Waals surface area contributed by atoms with Crippen LogP contribution in [0.5, 0.6) is 0 Å². The van der Waals surface area contributed by atoms with Gasteiger partial charge in [0.2, 0.25) is 0 Å². The topological polar surface area (TPSA) is 55.3 Å². The first-order valence-corrected chi connectivity index (χ1v) is 7.00. The highest BCUT2D eigenvalue weighted by Gasteiger charge is 2.10. The molecule has 3 rings (SSSR count). The van der Waals surface area contributed by atoms with E-state index in [2.05, 4.69) is 20.9 Å². The van der Waals surface area contributed by atoms with E-state index in [-0.39, 0.29) is 0 Å². The molecule has 0 saturated heterocycles. The van der Waals surface area contributed by atoms with Crippen molar-refractivity contribution < 1.29 is 4.42 Å². The fraction of sp³-hybridized carbons (Fsp3) is 0.133. The summed E-state index contributed by atoms with van der Waals surface area (Å²) in [4.78, 5) is 6.39. The van der Waals surface area contributed by atoms with Gasteiger partial charge in [-0.25, -0.2) is 4.98 Å². The number of rotatable bonds is 2. The van der Waals surface area contributed by atoms with Crippen LogP contribution < -0.4 is 10.6 Å². The quantitative estimate of drug-likeness (QED) is 0.713. The van der Waals surface area contributed by atoms with E-state index in [9.17, 15) is 0 Å². The molecule has 3 aromatic rings. The third-order valence-corrected chi connectivity index (χ3v) is 3.71. The number of hydrogen-bond acceptors (Lipinski definition) is 4. The van der Waals surface area contributed by atoms with Crippen LogP contribution in [0.15, 0.2) is 45.3 Å². The second kappa shape index (κ2) is 4.83. The summed E-state index contributed by atoms with van der Waals surface area (Å²) in [6.07, 6.45) is 0. The number of nitrogens with two attached hydrogens (primary N) is 1. The molecule has 0 aliphatic heterocycles. The lowest BCUT2D eigenvalue weighted by Crippen LogP contribution is -2.11. The first kappa shape index (κ1) is 13.0. The van der Waals surface area contributed by atoms with Gasteiger partial charge in [0.25, 0.3) is 0 Å². The van der Waals surface area contributed by atoms with Crippen LogP contribution >= 0.6 is 15.9 Å². The summed E-state index contributed by atoms with van der Waals surface area (Å²) >= 11 is 3.42. The SMILES string of the molecule is Cc1nc2cc(N(C)c3ccc(Br)cc3N)ccc2o1. The molecule has 0 radical (unpaired) electrons. The van der Waals surface area contributed by atoms with Gasteiger partial charge in [-0.2, -0.15) is 0 Å². The Morgan fingerprint density at radius 3 is 2.75 bits per heavy atom. The van der Waals surface area contributed by atoms with E-state index < -0.39 is 0 Å². The van der Waals surface area contributed by atoms with Crippen LogP contribution in [0.3, 0.4) is 0 Å². The molecule has 4 nitrogen and oxygen atoms in total. The summed E-state index contributed by atoms with van der Waals surface area (Å²) in [7, 11) is 1.98. The number of nitrogens with zero attached hydrogens (tertiary/aromatic N) is 2. The first-order valence-electron chi connectivity index (χ1n) is 6.20. The van der Waals surface area contributed by atoms with E-state index in [4.69, 9.17) is 10.2 Å². The Hall–Kier alpha value is -2.01. The number of fused-ring (bicyclic) bond motifs is 1. The predicted molar refractivity (Wildman–Crippen MR) is 85.4 cm³/mol. The fourth-order valence-electron chi connectivity index (χ4n) is 2.21. The third kappa shape index (κ3) is 2.25. The van der Waals surface area contributed by atoms with Gasteiger partial charge >= 0.3 is 0 Å². The van der Waals surface area contributed by atoms with Crippen LogP contribution in [0, 0.1) is 6.92 Å². The maximum Gasteiger partial charge on any atom is 0.192 e. The van der Waals surface area contributed by atoms with E-state index in [1.165, 1.54) is 0 Å². The highest BCUT2D eigenvalue weighted by Crippen LogP contribution is 2.32. The summed E-state index contributed by atoms with van der Waals surface area (Å²) in [5.74, 6) is 0.669. The number of oxazole rings is 1. The Bertz CT molecular complexity index is 782. The summed E-state index contributed by atoms with van der Waals surface area (Å²) in [6, 6.07) is 11.8. The molecule has 0 bridgehead atoms. The van der Waals surface area contributed by atoms with Gasteiger partial charge in [0.1, 0.15) is 5.52 Å². The molecule has 1 aromatic heterocycles. The summed E-state index contributed by atoms with van der Waals surface area (Å²) in [5.41, 5.74) is 10.4. The van der Waals surface area contributed by atoms with Crippen molar-refractivity contribution in [2.24, 2.45) is 0 Å². The summed E-state index contributed by atoms with van der Waals surface area (Å²) in [6.45, 7) is 1.84. The zero-order valence-electron chi connectivity index (χ0n) is 11.2. The van der Waals surface area contributed by atoms with Crippen molar-refractivity contribution in [3.63, 3.8) is 0 Å². The number of benzene rings is 2. The van der Waals surface area contributed by atoms with Crippen molar-refractivity contribution in [3.05, 3.63) is 46.8 Å². The second-order valence-electron chi connectivity index (χ2n) is 4.65. The standard InChI is InChI=1S/C15H14BrN3O/c1-9-18-13-8-11(4-6-15(13)20-9)19(2)14-5-3-10(16)7-12(14)17/h3-8H,17H2,1-2H3. The van der Waals surface area contributed by atoms with Crippen LogP contribution in [-0.2, 0) is 0 Å². The largest absolute Gasteiger partial charge is 0.441 e. The van der Waals surface area contributed by atoms with Gasteiger partial charge in [-0.1, -0.05) is 15.9 Å². The maximum absolute atomic E-state index is 6.07. The molecule has 2 N–H and O–H groups in total. The van der Waals surface area contributed by atoms with Crippen LogP contribution in [0.1, 0.15) is 5.89 Å². The van der Waals surface area contributed by atoms with Crippen LogP contribution in [-0.4, -0.2) is 12.0 Å². The van der Waals surface area contributed by atoms with Crippen LogP contribution in [0.25, 0.3) is 11.1 Å². The predicted octanol–water partition coefficient (Wildman–Crippen LogP) is 4.25. The van der Waals surface area contributed by atoms with Crippen molar-refractivity contribution in [2.45, 2.75) is 6.92 Å². The molecule has 0 unspecified atom stereocenters. The molecular weight excluding hydrogens is 318 g/mol. The molecule has 0 aliphatic rings. The monoisotopic (exact) mass is 331 g/mol. The van der Waals surface area contributed by atoms with Gasteiger partial charge in [0, 0.05) is 24.1 Å². The average molecular weight is 332 g/mol. The van der Waals surface area contributed by atoms with E-state index in [0.29, 0.717) is 5.89 Å². The molecule has 0 amide bonds. The zero-order chi connectivity index (χ0) is 14.3. The van der Waals surface area contributed by atoms with Crippen molar-refractivity contribution in [1.29, 1.82) is 0 Å². The van der Waals surface area contributed by atoms with Crippen LogP contribution in [0.2, 0.25) is 0 Å². The van der Waals surface area contributed by atoms with Gasteiger partial charge in [-0.05, 0) is 36.4 Å². The Labute approximate surface area is 125 Å². The lowest BCUT2D eigenvalue weighted by molar-refractivity contribution is 0.561. The van der Waals surface area contributed by atoms with Gasteiger partial charge in [0.05, 0.1) is 11.4 Å². The molecule has 1 heterocycles. The minimum atomic E-state index is 0.669. The Morgan fingerprint density at radius 1 is 1.20 bits per heavy atom. The minimum absolute atomic E-state index is 0.669. The van der Waals surface area contributed by atoms with Gasteiger partial charge in [0.15, 0.2) is 11.5 Å². The molecule has 0 aliphatic carbocycles. The molecular formula is C15H14BrN3O. The smallest absolute Gasteiger partial charge is 0.192 e. The zero-order valence-corrected chi connectivity index (χ0v) is 12.8. The number of aryl methyl sites for hydroxylation is 1. The number of aromatic nitrogens is 1. The van der Waals surface area contributed by atoms with Crippen molar-refractivity contribution in [3.8, 4) is 0 Å². The highest BCUT2D eigenvalue weighted by molar-refractivity contribution is 9.10. The van der Waals surface area contributed by atoms with Crippen molar-refractivity contribution in [2.75, 3.05) is 17.7 Å². The normalized spacial score (nSPS) is 10.9. The van der Waals surface area contributed by atoms with Gasteiger partial charge in [-0.15, -0.1) is 0 Å². The molecule has 2 aromatic carbocycles. The number of halogens is 1. The maximum atomic E-state index is 6.07. The lowest BCUT2D eigenvalue weighted by Gasteiger charge is -2.21.